The van der Waals surface area contributed by atoms with Gasteiger partial charge in [0.1, 0.15) is 0 Å². The van der Waals surface area contributed by atoms with Crippen molar-refractivity contribution in [2.75, 3.05) is 14.1 Å². The van der Waals surface area contributed by atoms with Gasteiger partial charge in [-0.05, 0) is 32.4 Å². The molecule has 0 aromatic rings. The third kappa shape index (κ3) is 2.63. The third-order valence-electron chi connectivity index (χ3n) is 4.07. The Morgan fingerprint density at radius 2 is 1.89 bits per heavy atom. The molecule has 106 valence electrons. The molecule has 1 aliphatic rings. The maximum absolute atomic E-state index is 6.34. The van der Waals surface area contributed by atoms with Crippen LogP contribution in [0.25, 0.3) is 0 Å². The third-order valence-corrected chi connectivity index (χ3v) is 4.07. The minimum Gasteiger partial charge on any atom is -0.371 e. The molecule has 0 radical (unpaired) electrons. The molecule has 1 saturated heterocycles. The number of hydrogen-bond acceptors (Lipinski definition) is 3. The SMILES string of the molecule is C=C[C@]1(NC)[C@H](C(C)C)O[C@H](CC(C)C)[C@@H]1NC. The first kappa shape index (κ1) is 15.7. The molecule has 0 aromatic carbocycles. The zero-order chi connectivity index (χ0) is 13.9. The summed E-state index contributed by atoms with van der Waals surface area (Å²) < 4.78 is 6.34. The van der Waals surface area contributed by atoms with Crippen LogP contribution in [0, 0.1) is 11.8 Å². The largest absolute Gasteiger partial charge is 0.371 e. The second-order valence-electron chi connectivity index (χ2n) is 6.12. The first-order chi connectivity index (χ1) is 8.42. The number of ether oxygens (including phenoxy) is 1. The van der Waals surface area contributed by atoms with E-state index in [1.165, 1.54) is 0 Å². The van der Waals surface area contributed by atoms with Gasteiger partial charge >= 0.3 is 0 Å². The summed E-state index contributed by atoms with van der Waals surface area (Å²) in [6, 6.07) is 0.273. The molecule has 1 heterocycles. The summed E-state index contributed by atoms with van der Waals surface area (Å²) in [5.74, 6) is 1.10. The molecular weight excluding hydrogens is 224 g/mol. The molecule has 0 unspecified atom stereocenters. The summed E-state index contributed by atoms with van der Waals surface area (Å²) >= 11 is 0. The van der Waals surface area contributed by atoms with E-state index in [1.807, 2.05) is 20.2 Å². The van der Waals surface area contributed by atoms with E-state index in [2.05, 4.69) is 44.9 Å². The second-order valence-corrected chi connectivity index (χ2v) is 6.12. The Morgan fingerprint density at radius 3 is 2.22 bits per heavy atom. The predicted octanol–water partition coefficient (Wildman–Crippen LogP) is 2.19. The Kier molecular flexibility index (Phi) is 5.38. The molecule has 4 atom stereocenters. The molecule has 0 spiro atoms. The maximum atomic E-state index is 6.34. The van der Waals surface area contributed by atoms with Crippen LogP contribution in [0.4, 0.5) is 0 Å². The van der Waals surface area contributed by atoms with Crippen molar-refractivity contribution in [1.29, 1.82) is 0 Å². The Balaban J connectivity index is 3.05. The van der Waals surface area contributed by atoms with Crippen molar-refractivity contribution in [3.05, 3.63) is 12.7 Å². The van der Waals surface area contributed by atoms with Gasteiger partial charge in [0.25, 0.3) is 0 Å². The molecule has 1 fully saturated rings. The van der Waals surface area contributed by atoms with Gasteiger partial charge in [0.2, 0.25) is 0 Å². The zero-order valence-electron chi connectivity index (χ0n) is 12.8. The highest BCUT2D eigenvalue weighted by molar-refractivity contribution is 5.21. The van der Waals surface area contributed by atoms with Gasteiger partial charge in [0, 0.05) is 0 Å². The van der Waals surface area contributed by atoms with E-state index in [0.29, 0.717) is 11.8 Å². The first-order valence-electron chi connectivity index (χ1n) is 7.08. The quantitative estimate of drug-likeness (QED) is 0.713. The van der Waals surface area contributed by atoms with E-state index in [-0.39, 0.29) is 23.8 Å². The van der Waals surface area contributed by atoms with Crippen molar-refractivity contribution >= 4 is 0 Å². The van der Waals surface area contributed by atoms with Crippen LogP contribution < -0.4 is 10.6 Å². The van der Waals surface area contributed by atoms with E-state index in [4.69, 9.17) is 4.74 Å². The number of hydrogen-bond donors (Lipinski definition) is 2. The van der Waals surface area contributed by atoms with Crippen LogP contribution in [-0.4, -0.2) is 37.9 Å². The molecular formula is C15H30N2O. The summed E-state index contributed by atoms with van der Waals surface area (Å²) in [4.78, 5) is 0. The Hall–Kier alpha value is -0.380. The summed E-state index contributed by atoms with van der Waals surface area (Å²) in [6.07, 6.45) is 3.51. The highest BCUT2D eigenvalue weighted by Crippen LogP contribution is 2.38. The summed E-state index contributed by atoms with van der Waals surface area (Å²) in [5, 5.41) is 6.90. The minimum absolute atomic E-state index is 0.168. The van der Waals surface area contributed by atoms with Crippen molar-refractivity contribution in [2.24, 2.45) is 11.8 Å². The van der Waals surface area contributed by atoms with Crippen LogP contribution in [0.15, 0.2) is 12.7 Å². The van der Waals surface area contributed by atoms with Crippen molar-refractivity contribution < 1.29 is 4.74 Å². The molecule has 2 N–H and O–H groups in total. The topological polar surface area (TPSA) is 33.3 Å². The van der Waals surface area contributed by atoms with E-state index in [1.54, 1.807) is 0 Å². The minimum atomic E-state index is -0.178. The lowest BCUT2D eigenvalue weighted by Gasteiger charge is -2.37. The maximum Gasteiger partial charge on any atom is 0.0836 e. The molecule has 1 aliphatic heterocycles. The molecule has 3 heteroatoms. The van der Waals surface area contributed by atoms with Gasteiger partial charge in [0.15, 0.2) is 0 Å². The fraction of sp³-hybridized carbons (Fsp3) is 0.867. The Bertz CT molecular complexity index is 278. The highest BCUT2D eigenvalue weighted by atomic mass is 16.5. The van der Waals surface area contributed by atoms with Gasteiger partial charge in [-0.15, -0.1) is 6.58 Å². The fourth-order valence-corrected chi connectivity index (χ4v) is 3.30. The predicted molar refractivity (Wildman–Crippen MR) is 77.8 cm³/mol. The van der Waals surface area contributed by atoms with Crippen LogP contribution in [0.5, 0.6) is 0 Å². The van der Waals surface area contributed by atoms with Crippen molar-refractivity contribution in [3.8, 4) is 0 Å². The van der Waals surface area contributed by atoms with Crippen molar-refractivity contribution in [2.45, 2.75) is 57.9 Å². The number of nitrogens with one attached hydrogen (secondary N) is 2. The Labute approximate surface area is 112 Å². The molecule has 0 aliphatic carbocycles. The lowest BCUT2D eigenvalue weighted by Crippen LogP contribution is -2.61. The second kappa shape index (κ2) is 6.18. The molecule has 0 amide bonds. The fourth-order valence-electron chi connectivity index (χ4n) is 3.30. The van der Waals surface area contributed by atoms with Crippen molar-refractivity contribution in [3.63, 3.8) is 0 Å². The van der Waals surface area contributed by atoms with Crippen LogP contribution in [-0.2, 0) is 4.74 Å². The van der Waals surface area contributed by atoms with Crippen LogP contribution in [0.2, 0.25) is 0 Å². The Morgan fingerprint density at radius 1 is 1.28 bits per heavy atom. The molecule has 0 saturated carbocycles. The molecule has 3 nitrogen and oxygen atoms in total. The van der Waals surface area contributed by atoms with Crippen LogP contribution in [0.3, 0.4) is 0 Å². The molecule has 18 heavy (non-hydrogen) atoms. The lowest BCUT2D eigenvalue weighted by molar-refractivity contribution is -0.00561. The average molecular weight is 254 g/mol. The first-order valence-corrected chi connectivity index (χ1v) is 7.08. The van der Waals surface area contributed by atoms with E-state index < -0.39 is 0 Å². The van der Waals surface area contributed by atoms with Gasteiger partial charge in [-0.25, -0.2) is 0 Å². The summed E-state index contributed by atoms with van der Waals surface area (Å²) in [5.41, 5.74) is -0.178. The molecule has 0 aromatic heterocycles. The van der Waals surface area contributed by atoms with E-state index >= 15 is 0 Å². The summed E-state index contributed by atoms with van der Waals surface area (Å²) in [7, 11) is 4.02. The standard InChI is InChI=1S/C15H30N2O/c1-8-15(17-7)13(16-6)12(9-10(2)3)18-14(15)11(4)5/h8,10-14,16-17H,1,9H2,2-7H3/t12-,13+,14+,15-/m1/s1. The van der Waals surface area contributed by atoms with Crippen LogP contribution in [0.1, 0.15) is 34.1 Å². The van der Waals surface area contributed by atoms with Gasteiger partial charge in [0.05, 0.1) is 23.8 Å². The average Bonchev–Trinajstić information content (AvgIpc) is 2.62. The van der Waals surface area contributed by atoms with Crippen molar-refractivity contribution in [1.82, 2.24) is 10.6 Å². The lowest BCUT2D eigenvalue weighted by atomic mass is 9.79. The highest BCUT2D eigenvalue weighted by Gasteiger charge is 2.54. The smallest absolute Gasteiger partial charge is 0.0836 e. The monoisotopic (exact) mass is 254 g/mol. The summed E-state index contributed by atoms with van der Waals surface area (Å²) in [6.45, 7) is 13.0. The van der Waals surface area contributed by atoms with Gasteiger partial charge in [-0.3, -0.25) is 0 Å². The normalized spacial score (nSPS) is 36.6. The van der Waals surface area contributed by atoms with Gasteiger partial charge in [-0.1, -0.05) is 33.8 Å². The number of likely N-dealkylation sites (N-methyl/N-ethyl adjacent to an activating group) is 2. The van der Waals surface area contributed by atoms with Gasteiger partial charge in [-0.2, -0.15) is 0 Å². The van der Waals surface area contributed by atoms with E-state index in [0.717, 1.165) is 6.42 Å². The molecule has 0 bridgehead atoms. The van der Waals surface area contributed by atoms with E-state index in [9.17, 15) is 0 Å². The number of rotatable bonds is 6. The molecule has 1 rings (SSSR count). The van der Waals surface area contributed by atoms with Crippen LogP contribution >= 0.6 is 0 Å². The van der Waals surface area contributed by atoms with Gasteiger partial charge < -0.3 is 15.4 Å². The zero-order valence-corrected chi connectivity index (χ0v) is 12.8.